The summed E-state index contributed by atoms with van der Waals surface area (Å²) in [5.41, 5.74) is -1.17. The van der Waals surface area contributed by atoms with Crippen LogP contribution in [0.5, 0.6) is 0 Å². The predicted octanol–water partition coefficient (Wildman–Crippen LogP) is -0.741. The number of aliphatic carboxylic acids is 1. The molecule has 0 heterocycles. The van der Waals surface area contributed by atoms with Crippen molar-refractivity contribution in [1.29, 1.82) is 0 Å². The highest BCUT2D eigenvalue weighted by Gasteiger charge is 2.41. The van der Waals surface area contributed by atoms with Gasteiger partial charge in [-0.1, -0.05) is 0 Å². The molecule has 0 bridgehead atoms. The predicted molar refractivity (Wildman–Crippen MR) is 61.7 cm³/mol. The minimum Gasteiger partial charge on any atom is -0.544 e. The van der Waals surface area contributed by atoms with E-state index in [-0.39, 0.29) is 17.3 Å². The number of likely N-dealkylation sites (N-methyl/N-ethyl adjacent to an activating group) is 1. The quantitative estimate of drug-likeness (QED) is 0.484. The molecule has 0 aliphatic carbocycles. The van der Waals surface area contributed by atoms with Gasteiger partial charge in [0.25, 0.3) is 10.1 Å². The van der Waals surface area contributed by atoms with Crippen molar-refractivity contribution in [2.75, 3.05) is 26.4 Å². The third-order valence-electron chi connectivity index (χ3n) is 3.63. The van der Waals surface area contributed by atoms with E-state index in [9.17, 15) is 18.3 Å². The zero-order chi connectivity index (χ0) is 13.9. The first-order chi connectivity index (χ1) is 7.46. The van der Waals surface area contributed by atoms with Crippen LogP contribution in [-0.2, 0) is 14.9 Å². The molecule has 0 radical (unpaired) electrons. The number of carboxylic acid groups (broad SMARTS) is 1. The number of carbonyl (C=O) groups excluding carboxylic acids is 1. The Morgan fingerprint density at radius 1 is 1.41 bits per heavy atom. The summed E-state index contributed by atoms with van der Waals surface area (Å²) < 4.78 is 30.0. The van der Waals surface area contributed by atoms with Gasteiger partial charge in [-0.15, -0.1) is 0 Å². The lowest BCUT2D eigenvalue weighted by atomic mass is 9.92. The number of hydrogen-bond acceptors (Lipinski definition) is 4. The number of rotatable bonds is 7. The fraction of sp³-hybridized carbons (Fsp3) is 0.900. The van der Waals surface area contributed by atoms with E-state index in [4.69, 9.17) is 4.55 Å². The van der Waals surface area contributed by atoms with Crippen LogP contribution in [0, 0.1) is 0 Å². The largest absolute Gasteiger partial charge is 0.544 e. The van der Waals surface area contributed by atoms with Crippen LogP contribution < -0.4 is 5.11 Å². The zero-order valence-corrected chi connectivity index (χ0v) is 11.6. The molecule has 0 aliphatic rings. The second-order valence-electron chi connectivity index (χ2n) is 4.95. The molecule has 7 heteroatoms. The Labute approximate surface area is 103 Å². The molecule has 0 spiro atoms. The number of quaternary nitrogens is 1. The molecule has 0 aromatic rings. The van der Waals surface area contributed by atoms with Gasteiger partial charge in [0.2, 0.25) is 0 Å². The molecule has 0 saturated heterocycles. The molecule has 0 aromatic carbocycles. The number of carbonyl (C=O) groups is 1. The van der Waals surface area contributed by atoms with E-state index < -0.39 is 27.4 Å². The Morgan fingerprint density at radius 2 is 1.88 bits per heavy atom. The first-order valence-electron chi connectivity index (χ1n) is 5.46. The molecule has 6 nitrogen and oxygen atoms in total. The Kier molecular flexibility index (Phi) is 5.12. The summed E-state index contributed by atoms with van der Waals surface area (Å²) in [6, 6.07) is 0. The monoisotopic (exact) mass is 267 g/mol. The molecule has 1 N–H and O–H groups in total. The van der Waals surface area contributed by atoms with Crippen molar-refractivity contribution in [2.45, 2.75) is 32.2 Å². The summed E-state index contributed by atoms with van der Waals surface area (Å²) in [7, 11) is -0.538. The summed E-state index contributed by atoms with van der Waals surface area (Å²) >= 11 is 0. The molecule has 1 atom stereocenters. The lowest BCUT2D eigenvalue weighted by Crippen LogP contribution is -2.66. The highest BCUT2D eigenvalue weighted by Crippen LogP contribution is 2.25. The minimum atomic E-state index is -4.04. The average Bonchev–Trinajstić information content (AvgIpc) is 2.14. The van der Waals surface area contributed by atoms with Crippen molar-refractivity contribution in [3.63, 3.8) is 0 Å². The fourth-order valence-corrected chi connectivity index (χ4v) is 2.11. The topological polar surface area (TPSA) is 94.5 Å². The molecule has 0 rings (SSSR count). The average molecular weight is 267 g/mol. The lowest BCUT2D eigenvalue weighted by Gasteiger charge is -2.46. The second kappa shape index (κ2) is 5.32. The summed E-state index contributed by atoms with van der Waals surface area (Å²) in [5.74, 6) is -1.64. The Hall–Kier alpha value is -0.660. The highest BCUT2D eigenvalue weighted by molar-refractivity contribution is 7.85. The summed E-state index contributed by atoms with van der Waals surface area (Å²) in [6.45, 7) is 3.97. The molecule has 17 heavy (non-hydrogen) atoms. The summed E-state index contributed by atoms with van der Waals surface area (Å²) in [6.07, 6.45) is 0.223. The van der Waals surface area contributed by atoms with Crippen molar-refractivity contribution in [3.05, 3.63) is 0 Å². The summed E-state index contributed by atoms with van der Waals surface area (Å²) in [4.78, 5) is 11.2. The number of carboxylic acids is 1. The van der Waals surface area contributed by atoms with Crippen LogP contribution in [0.4, 0.5) is 0 Å². The van der Waals surface area contributed by atoms with Crippen molar-refractivity contribution in [2.24, 2.45) is 0 Å². The maximum atomic E-state index is 11.2. The van der Waals surface area contributed by atoms with Crippen molar-refractivity contribution in [1.82, 2.24) is 0 Å². The Bertz CT molecular complexity index is 376. The normalized spacial score (nSPS) is 16.5. The first kappa shape index (κ1) is 16.3. The van der Waals surface area contributed by atoms with Gasteiger partial charge in [-0.05, 0) is 20.3 Å². The first-order valence-corrected chi connectivity index (χ1v) is 7.07. The van der Waals surface area contributed by atoms with Gasteiger partial charge >= 0.3 is 0 Å². The molecular weight excluding hydrogens is 246 g/mol. The lowest BCUT2D eigenvalue weighted by molar-refractivity contribution is -0.931. The fourth-order valence-electron chi connectivity index (χ4n) is 1.60. The van der Waals surface area contributed by atoms with E-state index in [1.807, 2.05) is 6.92 Å². The number of nitrogens with zero attached hydrogens (tertiary/aromatic N) is 1. The summed E-state index contributed by atoms with van der Waals surface area (Å²) in [5, 5.41) is 11.2. The maximum Gasteiger partial charge on any atom is 0.264 e. The van der Waals surface area contributed by atoms with Crippen LogP contribution in [0.15, 0.2) is 0 Å². The Balaban J connectivity index is 4.83. The Morgan fingerprint density at radius 3 is 2.18 bits per heavy atom. The SMILES string of the molecule is CC[N+](C)(C)C(C)(CCCS(=O)(=O)O)C(=O)[O-]. The molecular formula is C10H21NO5S. The van der Waals surface area contributed by atoms with Gasteiger partial charge in [-0.25, -0.2) is 0 Å². The number of hydrogen-bond donors (Lipinski definition) is 1. The molecule has 0 aromatic heterocycles. The van der Waals surface area contributed by atoms with Crippen LogP contribution in [0.2, 0.25) is 0 Å². The molecule has 1 unspecified atom stereocenters. The zero-order valence-electron chi connectivity index (χ0n) is 10.8. The van der Waals surface area contributed by atoms with Crippen LogP contribution >= 0.6 is 0 Å². The van der Waals surface area contributed by atoms with Crippen LogP contribution in [-0.4, -0.2) is 55.4 Å². The third-order valence-corrected chi connectivity index (χ3v) is 4.44. The van der Waals surface area contributed by atoms with Crippen LogP contribution in [0.1, 0.15) is 26.7 Å². The van der Waals surface area contributed by atoms with Gasteiger partial charge in [-0.3, -0.25) is 4.55 Å². The molecule has 102 valence electrons. The van der Waals surface area contributed by atoms with E-state index >= 15 is 0 Å². The van der Waals surface area contributed by atoms with Gasteiger partial charge < -0.3 is 14.4 Å². The van der Waals surface area contributed by atoms with E-state index in [2.05, 4.69) is 0 Å². The second-order valence-corrected chi connectivity index (χ2v) is 6.52. The van der Waals surface area contributed by atoms with E-state index in [0.717, 1.165) is 0 Å². The van der Waals surface area contributed by atoms with Crippen molar-refractivity contribution < 1.29 is 27.4 Å². The molecule has 0 aliphatic heterocycles. The van der Waals surface area contributed by atoms with E-state index in [1.165, 1.54) is 6.92 Å². The van der Waals surface area contributed by atoms with Gasteiger partial charge in [0.15, 0.2) is 0 Å². The molecule has 0 saturated carbocycles. The standard InChI is InChI=1S/C10H21NO5S/c1-5-11(3,4)10(2,9(12)13)7-6-8-17(14,15)16/h5-8H2,1-4H3,(H-,12,13,14,15,16). The van der Waals surface area contributed by atoms with Gasteiger partial charge in [0.05, 0.1) is 26.4 Å². The molecule has 0 amide bonds. The van der Waals surface area contributed by atoms with E-state index in [1.54, 1.807) is 14.1 Å². The maximum absolute atomic E-state index is 11.2. The minimum absolute atomic E-state index is 0.0883. The van der Waals surface area contributed by atoms with Gasteiger partial charge in [0.1, 0.15) is 11.5 Å². The van der Waals surface area contributed by atoms with Gasteiger partial charge in [-0.2, -0.15) is 8.42 Å². The van der Waals surface area contributed by atoms with E-state index in [0.29, 0.717) is 6.54 Å². The van der Waals surface area contributed by atoms with Crippen molar-refractivity contribution >= 4 is 16.1 Å². The van der Waals surface area contributed by atoms with Crippen LogP contribution in [0.3, 0.4) is 0 Å². The van der Waals surface area contributed by atoms with Crippen LogP contribution in [0.25, 0.3) is 0 Å². The van der Waals surface area contributed by atoms with Crippen molar-refractivity contribution in [3.8, 4) is 0 Å². The third kappa shape index (κ3) is 4.25. The highest BCUT2D eigenvalue weighted by atomic mass is 32.2. The smallest absolute Gasteiger partial charge is 0.264 e. The van der Waals surface area contributed by atoms with Gasteiger partial charge in [0, 0.05) is 6.42 Å². The molecule has 0 fully saturated rings.